The van der Waals surface area contributed by atoms with Gasteiger partial charge < -0.3 is 10.4 Å². The number of rotatable bonds is 5. The third-order valence-electron chi connectivity index (χ3n) is 2.61. The highest BCUT2D eigenvalue weighted by atomic mass is 19.1. The topological polar surface area (TPSA) is 49.3 Å². The molecule has 1 unspecified atom stereocenters. The highest BCUT2D eigenvalue weighted by Gasteiger charge is 2.12. The van der Waals surface area contributed by atoms with Crippen LogP contribution in [0.3, 0.4) is 0 Å². The van der Waals surface area contributed by atoms with E-state index >= 15 is 0 Å². The SMILES string of the molecule is CC(CC(=O)N[C@@H](C)CO)c1ccc(F)cc1. The van der Waals surface area contributed by atoms with Crippen molar-refractivity contribution in [3.8, 4) is 0 Å². The second-order valence-corrected chi connectivity index (χ2v) is 4.31. The minimum absolute atomic E-state index is 0.0292. The molecule has 0 spiro atoms. The predicted molar refractivity (Wildman–Crippen MR) is 64.1 cm³/mol. The van der Waals surface area contributed by atoms with E-state index in [0.717, 1.165) is 5.56 Å². The van der Waals surface area contributed by atoms with E-state index in [1.165, 1.54) is 12.1 Å². The summed E-state index contributed by atoms with van der Waals surface area (Å²) in [7, 11) is 0. The number of hydrogen-bond acceptors (Lipinski definition) is 2. The van der Waals surface area contributed by atoms with E-state index in [4.69, 9.17) is 5.11 Å². The summed E-state index contributed by atoms with van der Waals surface area (Å²) in [5, 5.41) is 11.5. The number of amides is 1. The molecule has 0 radical (unpaired) electrons. The van der Waals surface area contributed by atoms with Crippen LogP contribution in [0.4, 0.5) is 4.39 Å². The molecule has 3 nitrogen and oxygen atoms in total. The van der Waals surface area contributed by atoms with Crippen LogP contribution < -0.4 is 5.32 Å². The first kappa shape index (κ1) is 13.6. The number of aliphatic hydroxyl groups excluding tert-OH is 1. The molecule has 0 aliphatic carbocycles. The van der Waals surface area contributed by atoms with E-state index in [1.54, 1.807) is 19.1 Å². The lowest BCUT2D eigenvalue weighted by Gasteiger charge is -2.14. The Morgan fingerprint density at radius 3 is 2.47 bits per heavy atom. The number of carbonyl (C=O) groups is 1. The van der Waals surface area contributed by atoms with Crippen LogP contribution in [0.25, 0.3) is 0 Å². The summed E-state index contributed by atoms with van der Waals surface area (Å²) in [5.74, 6) is -0.357. The van der Waals surface area contributed by atoms with E-state index in [0.29, 0.717) is 6.42 Å². The van der Waals surface area contributed by atoms with E-state index < -0.39 is 0 Å². The number of carbonyl (C=O) groups excluding carboxylic acids is 1. The van der Waals surface area contributed by atoms with E-state index in [9.17, 15) is 9.18 Å². The Morgan fingerprint density at radius 1 is 1.35 bits per heavy atom. The van der Waals surface area contributed by atoms with Crippen LogP contribution in [-0.4, -0.2) is 23.7 Å². The second kappa shape index (κ2) is 6.35. The smallest absolute Gasteiger partial charge is 0.220 e. The zero-order valence-electron chi connectivity index (χ0n) is 10.1. The lowest BCUT2D eigenvalue weighted by Crippen LogP contribution is -2.35. The summed E-state index contributed by atoms with van der Waals surface area (Å²) in [6.07, 6.45) is 0.329. The van der Waals surface area contributed by atoms with Crippen molar-refractivity contribution in [3.63, 3.8) is 0 Å². The Hall–Kier alpha value is -1.42. The van der Waals surface area contributed by atoms with Crippen molar-refractivity contribution in [1.82, 2.24) is 5.32 Å². The molecule has 2 N–H and O–H groups in total. The Morgan fingerprint density at radius 2 is 1.94 bits per heavy atom. The van der Waals surface area contributed by atoms with Gasteiger partial charge in [-0.05, 0) is 30.5 Å². The highest BCUT2D eigenvalue weighted by molar-refractivity contribution is 5.77. The fraction of sp³-hybridized carbons (Fsp3) is 0.462. The van der Waals surface area contributed by atoms with E-state index in [2.05, 4.69) is 5.32 Å². The molecule has 94 valence electrons. The molecule has 1 amide bonds. The summed E-state index contributed by atoms with van der Waals surface area (Å²) >= 11 is 0. The molecule has 1 aromatic rings. The van der Waals surface area contributed by atoms with Gasteiger partial charge >= 0.3 is 0 Å². The quantitative estimate of drug-likeness (QED) is 0.823. The second-order valence-electron chi connectivity index (χ2n) is 4.31. The number of halogens is 1. The van der Waals surface area contributed by atoms with Gasteiger partial charge in [0.1, 0.15) is 5.82 Å². The Bertz CT molecular complexity index is 364. The fourth-order valence-electron chi connectivity index (χ4n) is 1.57. The summed E-state index contributed by atoms with van der Waals surface area (Å²) in [5.41, 5.74) is 0.929. The van der Waals surface area contributed by atoms with Crippen molar-refractivity contribution in [2.45, 2.75) is 32.2 Å². The zero-order chi connectivity index (χ0) is 12.8. The zero-order valence-corrected chi connectivity index (χ0v) is 10.1. The Kier molecular flexibility index (Phi) is 5.10. The van der Waals surface area contributed by atoms with Gasteiger partial charge in [-0.2, -0.15) is 0 Å². The predicted octanol–water partition coefficient (Wildman–Crippen LogP) is 1.82. The van der Waals surface area contributed by atoms with Gasteiger partial charge in [-0.1, -0.05) is 19.1 Å². The highest BCUT2D eigenvalue weighted by Crippen LogP contribution is 2.19. The van der Waals surface area contributed by atoms with E-state index in [1.807, 2.05) is 6.92 Å². The van der Waals surface area contributed by atoms with Crippen molar-refractivity contribution >= 4 is 5.91 Å². The van der Waals surface area contributed by atoms with Gasteiger partial charge in [0.05, 0.1) is 6.61 Å². The molecule has 17 heavy (non-hydrogen) atoms. The van der Waals surface area contributed by atoms with Crippen molar-refractivity contribution in [3.05, 3.63) is 35.6 Å². The first-order valence-corrected chi connectivity index (χ1v) is 5.68. The van der Waals surface area contributed by atoms with Crippen molar-refractivity contribution < 1.29 is 14.3 Å². The lowest BCUT2D eigenvalue weighted by molar-refractivity contribution is -0.122. The summed E-state index contributed by atoms with van der Waals surface area (Å²) in [6, 6.07) is 5.91. The van der Waals surface area contributed by atoms with Crippen LogP contribution in [0.15, 0.2) is 24.3 Å². The first-order valence-electron chi connectivity index (χ1n) is 5.68. The van der Waals surface area contributed by atoms with Gasteiger partial charge in [0.15, 0.2) is 0 Å². The minimum Gasteiger partial charge on any atom is -0.394 e. The average Bonchev–Trinajstić information content (AvgIpc) is 2.29. The normalized spacial score (nSPS) is 14.1. The fourth-order valence-corrected chi connectivity index (χ4v) is 1.57. The summed E-state index contributed by atoms with van der Waals surface area (Å²) in [4.78, 5) is 11.6. The maximum atomic E-state index is 12.7. The van der Waals surface area contributed by atoms with Gasteiger partial charge in [-0.25, -0.2) is 4.39 Å². The van der Waals surface area contributed by atoms with Crippen LogP contribution in [0.1, 0.15) is 31.7 Å². The van der Waals surface area contributed by atoms with Gasteiger partial charge in [-0.3, -0.25) is 4.79 Å². The Balaban J connectivity index is 2.51. The monoisotopic (exact) mass is 239 g/mol. The number of benzene rings is 1. The molecule has 0 bridgehead atoms. The standard InChI is InChI=1S/C13H18FNO2/c1-9(7-13(17)15-10(2)8-16)11-3-5-12(14)6-4-11/h3-6,9-10,16H,7-8H2,1-2H3,(H,15,17)/t9?,10-/m0/s1. The average molecular weight is 239 g/mol. The Labute approximate surface area is 101 Å². The largest absolute Gasteiger partial charge is 0.394 e. The number of nitrogens with one attached hydrogen (secondary N) is 1. The number of hydrogen-bond donors (Lipinski definition) is 2. The first-order chi connectivity index (χ1) is 8.02. The molecular weight excluding hydrogens is 221 g/mol. The molecule has 0 aliphatic rings. The number of aliphatic hydroxyl groups is 1. The maximum Gasteiger partial charge on any atom is 0.220 e. The molecule has 2 atom stereocenters. The molecule has 0 saturated carbocycles. The van der Waals surface area contributed by atoms with E-state index in [-0.39, 0.29) is 30.3 Å². The molecule has 0 aliphatic heterocycles. The van der Waals surface area contributed by atoms with Crippen LogP contribution in [-0.2, 0) is 4.79 Å². The molecule has 0 heterocycles. The van der Waals surface area contributed by atoms with Gasteiger partial charge in [0, 0.05) is 12.5 Å². The van der Waals surface area contributed by atoms with Crippen LogP contribution >= 0.6 is 0 Å². The van der Waals surface area contributed by atoms with Crippen molar-refractivity contribution in [2.24, 2.45) is 0 Å². The molecule has 1 aromatic carbocycles. The van der Waals surface area contributed by atoms with Crippen LogP contribution in [0.2, 0.25) is 0 Å². The van der Waals surface area contributed by atoms with Gasteiger partial charge in [0.25, 0.3) is 0 Å². The van der Waals surface area contributed by atoms with Crippen LogP contribution in [0.5, 0.6) is 0 Å². The molecule has 0 aromatic heterocycles. The summed E-state index contributed by atoms with van der Waals surface area (Å²) in [6.45, 7) is 3.58. The lowest BCUT2D eigenvalue weighted by atomic mass is 9.97. The molecule has 4 heteroatoms. The third kappa shape index (κ3) is 4.53. The summed E-state index contributed by atoms with van der Waals surface area (Å²) < 4.78 is 12.7. The maximum absolute atomic E-state index is 12.7. The van der Waals surface area contributed by atoms with Crippen LogP contribution in [0, 0.1) is 5.82 Å². The van der Waals surface area contributed by atoms with Crippen molar-refractivity contribution in [2.75, 3.05) is 6.61 Å². The molecule has 0 saturated heterocycles. The third-order valence-corrected chi connectivity index (χ3v) is 2.61. The molecule has 0 fully saturated rings. The molecule has 1 rings (SSSR count). The molecular formula is C13H18FNO2. The van der Waals surface area contributed by atoms with Crippen molar-refractivity contribution in [1.29, 1.82) is 0 Å². The van der Waals surface area contributed by atoms with Gasteiger partial charge in [0.2, 0.25) is 5.91 Å². The minimum atomic E-state index is -0.278. The van der Waals surface area contributed by atoms with Gasteiger partial charge in [-0.15, -0.1) is 0 Å².